The molecule has 0 saturated heterocycles. The Bertz CT molecular complexity index is 41.2. The SMILES string of the molecule is [C]N=[N+]=[N-]. The zero-order valence-corrected chi connectivity index (χ0v) is 1.84. The van der Waals surface area contributed by atoms with Crippen molar-refractivity contribution in [2.45, 2.75) is 0 Å². The topological polar surface area (TPSA) is 48.8 Å². The molecule has 0 saturated carbocycles. The first-order valence-corrected chi connectivity index (χ1v) is 0.624. The molecular weight excluding hydrogens is 54.0 g/mol. The van der Waals surface area contributed by atoms with Crippen LogP contribution in [0.25, 0.3) is 10.4 Å². The van der Waals surface area contributed by atoms with Crippen LogP contribution in [0, 0.1) is 7.05 Å². The van der Waals surface area contributed by atoms with Gasteiger partial charge in [-0.25, -0.2) is 0 Å². The lowest BCUT2D eigenvalue weighted by atomic mass is 11.6. The highest BCUT2D eigenvalue weighted by molar-refractivity contribution is 4.35. The Morgan fingerprint density at radius 3 is 2.25 bits per heavy atom. The van der Waals surface area contributed by atoms with Crippen LogP contribution >= 0.6 is 0 Å². The van der Waals surface area contributed by atoms with Crippen molar-refractivity contribution in [3.05, 3.63) is 17.5 Å². The summed E-state index contributed by atoms with van der Waals surface area (Å²) in [5.74, 6) is 0. The summed E-state index contributed by atoms with van der Waals surface area (Å²) in [6.07, 6.45) is 0. The summed E-state index contributed by atoms with van der Waals surface area (Å²) < 4.78 is 0. The van der Waals surface area contributed by atoms with Gasteiger partial charge in [0, 0.05) is 4.91 Å². The highest BCUT2D eigenvalue weighted by atomic mass is 15.1. The molecule has 4 heavy (non-hydrogen) atoms. The Balaban J connectivity index is 3.11. The first-order valence-electron chi connectivity index (χ1n) is 0.624. The van der Waals surface area contributed by atoms with Crippen LogP contribution in [0.4, 0.5) is 0 Å². The van der Waals surface area contributed by atoms with E-state index in [0.29, 0.717) is 0 Å². The van der Waals surface area contributed by atoms with Gasteiger partial charge in [-0.15, -0.1) is 0 Å². The van der Waals surface area contributed by atoms with Crippen LogP contribution in [0.3, 0.4) is 0 Å². The number of hydrogen-bond acceptors (Lipinski definition) is 1. The number of rotatable bonds is 0. The van der Waals surface area contributed by atoms with Crippen LogP contribution in [0.2, 0.25) is 0 Å². The molecule has 0 aliphatic rings. The van der Waals surface area contributed by atoms with Gasteiger partial charge in [0.25, 0.3) is 0 Å². The summed E-state index contributed by atoms with van der Waals surface area (Å²) in [5, 5.41) is 2.17. The van der Waals surface area contributed by atoms with Crippen molar-refractivity contribution in [1.82, 2.24) is 0 Å². The summed E-state index contributed by atoms with van der Waals surface area (Å²) >= 11 is 0. The summed E-state index contributed by atoms with van der Waals surface area (Å²) in [4.78, 5) is 2.03. The van der Waals surface area contributed by atoms with E-state index in [0.717, 1.165) is 0 Å². The van der Waals surface area contributed by atoms with Crippen molar-refractivity contribution in [1.29, 1.82) is 0 Å². The van der Waals surface area contributed by atoms with E-state index >= 15 is 0 Å². The Labute approximate surface area is 23.9 Å². The molecule has 3 heteroatoms. The zero-order valence-electron chi connectivity index (χ0n) is 1.84. The van der Waals surface area contributed by atoms with Crippen molar-refractivity contribution in [3.63, 3.8) is 0 Å². The third-order valence-corrected chi connectivity index (χ3v) is 0.0447. The van der Waals surface area contributed by atoms with Crippen LogP contribution in [-0.2, 0) is 0 Å². The molecule has 3 radical (unpaired) electrons. The van der Waals surface area contributed by atoms with Gasteiger partial charge in [0.1, 0.15) is 0 Å². The molecule has 0 aromatic rings. The summed E-state index contributed by atoms with van der Waals surface area (Å²) in [6.45, 7) is 0. The standard InChI is InChI=1S/CN3/c1-3-4-2. The van der Waals surface area contributed by atoms with Gasteiger partial charge < -0.3 is 0 Å². The minimum absolute atomic E-state index is 2.03. The fourth-order valence-electron chi connectivity index (χ4n) is 0. The molecule has 0 aliphatic carbocycles. The smallest absolute Gasteiger partial charge is 0.0850 e. The van der Waals surface area contributed by atoms with Crippen molar-refractivity contribution < 1.29 is 0 Å². The van der Waals surface area contributed by atoms with Crippen LogP contribution in [0.5, 0.6) is 0 Å². The monoisotopic (exact) mass is 54.0 g/mol. The second kappa shape index (κ2) is 2.31. The van der Waals surface area contributed by atoms with E-state index in [1.807, 2.05) is 4.91 Å². The molecule has 19 valence electrons. The van der Waals surface area contributed by atoms with Gasteiger partial charge in [-0.05, 0) is 5.53 Å². The molecular formula is CN3. The van der Waals surface area contributed by atoms with Crippen molar-refractivity contribution in [2.24, 2.45) is 5.11 Å². The fraction of sp³-hybridized carbons (Fsp3) is 0. The minimum Gasteiger partial charge on any atom is -0.0850 e. The quantitative estimate of drug-likeness (QED) is 0.223. The number of azide groups is 1. The third-order valence-electron chi connectivity index (χ3n) is 0.0447. The maximum atomic E-state index is 7.15. The lowest BCUT2D eigenvalue weighted by Gasteiger charge is -1.32. The minimum atomic E-state index is 2.03. The van der Waals surface area contributed by atoms with Crippen LogP contribution in [-0.4, -0.2) is 0 Å². The largest absolute Gasteiger partial charge is 0.0868 e. The molecule has 3 nitrogen and oxygen atoms in total. The maximum Gasteiger partial charge on any atom is 0.0868 e. The van der Waals surface area contributed by atoms with Gasteiger partial charge >= 0.3 is 0 Å². The average molecular weight is 54.0 g/mol. The summed E-state index contributed by atoms with van der Waals surface area (Å²) in [6, 6.07) is 0. The molecule has 0 spiro atoms. The van der Waals surface area contributed by atoms with E-state index in [1.54, 1.807) is 0 Å². The first-order chi connectivity index (χ1) is 1.91. The molecule has 0 atom stereocenters. The van der Waals surface area contributed by atoms with E-state index in [-0.39, 0.29) is 0 Å². The fourth-order valence-corrected chi connectivity index (χ4v) is 0. The van der Waals surface area contributed by atoms with E-state index in [9.17, 15) is 0 Å². The summed E-state index contributed by atoms with van der Waals surface area (Å²) in [7, 11) is 5.66. The maximum absolute atomic E-state index is 7.15. The van der Waals surface area contributed by atoms with Crippen LogP contribution < -0.4 is 0 Å². The second-order valence-electron chi connectivity index (χ2n) is 0.189. The molecule has 0 aromatic carbocycles. The molecule has 0 aromatic heterocycles. The van der Waals surface area contributed by atoms with E-state index in [4.69, 9.17) is 12.6 Å². The van der Waals surface area contributed by atoms with E-state index in [2.05, 4.69) is 5.11 Å². The zero-order chi connectivity index (χ0) is 3.41. The molecule has 0 heterocycles. The molecule has 0 unspecified atom stereocenters. The predicted octanol–water partition coefficient (Wildman–Crippen LogP) is 0.842. The lowest BCUT2D eigenvalue weighted by Crippen LogP contribution is -1.12. The normalized spacial score (nSPS) is 4.25. The number of hydrogen-bond donors (Lipinski definition) is 0. The highest BCUT2D eigenvalue weighted by Crippen LogP contribution is 1.51. The van der Waals surface area contributed by atoms with E-state index in [1.165, 1.54) is 0 Å². The highest BCUT2D eigenvalue weighted by Gasteiger charge is 1.30. The molecule has 0 N–H and O–H groups in total. The second-order valence-corrected chi connectivity index (χ2v) is 0.189. The van der Waals surface area contributed by atoms with E-state index < -0.39 is 0 Å². The van der Waals surface area contributed by atoms with Gasteiger partial charge in [0.15, 0.2) is 0 Å². The van der Waals surface area contributed by atoms with Gasteiger partial charge in [-0.3, -0.25) is 0 Å². The van der Waals surface area contributed by atoms with Crippen molar-refractivity contribution >= 4 is 0 Å². The summed E-state index contributed by atoms with van der Waals surface area (Å²) in [5.41, 5.74) is 7.15. The molecule has 0 amide bonds. The third kappa shape index (κ3) is 1.31. The number of nitrogens with zero attached hydrogens (tertiary/aromatic N) is 3. The average Bonchev–Trinajstić information content (AvgIpc) is 1.37. The molecule has 0 aliphatic heterocycles. The first kappa shape index (κ1) is 3.31. The van der Waals surface area contributed by atoms with Crippen LogP contribution in [0.15, 0.2) is 5.11 Å². The van der Waals surface area contributed by atoms with Crippen molar-refractivity contribution in [2.75, 3.05) is 0 Å². The van der Waals surface area contributed by atoms with Gasteiger partial charge in [-0.1, -0.05) is 5.11 Å². The Kier molecular flexibility index (Phi) is 1.91. The molecule has 0 fully saturated rings. The van der Waals surface area contributed by atoms with Crippen molar-refractivity contribution in [3.8, 4) is 0 Å². The van der Waals surface area contributed by atoms with Crippen LogP contribution in [0.1, 0.15) is 0 Å². The lowest BCUT2D eigenvalue weighted by molar-refractivity contribution is 1.53. The Morgan fingerprint density at radius 2 is 2.25 bits per heavy atom. The molecule has 0 rings (SSSR count). The predicted molar refractivity (Wildman–Crippen MR) is 12.4 cm³/mol. The molecule has 0 bridgehead atoms. The van der Waals surface area contributed by atoms with Gasteiger partial charge in [0.2, 0.25) is 0 Å². The van der Waals surface area contributed by atoms with Gasteiger partial charge in [-0.2, -0.15) is 0 Å². The van der Waals surface area contributed by atoms with Gasteiger partial charge in [0.05, 0.1) is 7.05 Å². The Morgan fingerprint density at radius 1 is 2.00 bits per heavy atom. The Hall–Kier alpha value is -0.690.